The van der Waals surface area contributed by atoms with Crippen molar-refractivity contribution in [1.82, 2.24) is 0 Å². The Morgan fingerprint density at radius 1 is 1.47 bits per heavy atom. The van der Waals surface area contributed by atoms with E-state index in [1.54, 1.807) is 7.11 Å². The SMILES string of the molecule is COCCC(C)C(N)c1cc(C)oc1C. The summed E-state index contributed by atoms with van der Waals surface area (Å²) in [4.78, 5) is 0. The molecule has 2 atom stereocenters. The van der Waals surface area contributed by atoms with E-state index in [2.05, 4.69) is 6.92 Å². The molecule has 2 N–H and O–H groups in total. The van der Waals surface area contributed by atoms with Crippen LogP contribution in [-0.4, -0.2) is 13.7 Å². The molecule has 0 aliphatic carbocycles. The van der Waals surface area contributed by atoms with Crippen LogP contribution in [0.15, 0.2) is 10.5 Å². The van der Waals surface area contributed by atoms with Gasteiger partial charge in [-0.05, 0) is 32.3 Å². The van der Waals surface area contributed by atoms with Crippen LogP contribution in [0.5, 0.6) is 0 Å². The Labute approximate surface area is 91.6 Å². The number of hydrogen-bond donors (Lipinski definition) is 1. The van der Waals surface area contributed by atoms with Crippen LogP contribution in [0.2, 0.25) is 0 Å². The normalized spacial score (nSPS) is 15.3. The van der Waals surface area contributed by atoms with Gasteiger partial charge < -0.3 is 14.9 Å². The number of ether oxygens (including phenoxy) is 1. The second-order valence-electron chi connectivity index (χ2n) is 4.15. The van der Waals surface area contributed by atoms with Crippen molar-refractivity contribution in [1.29, 1.82) is 0 Å². The van der Waals surface area contributed by atoms with Crippen LogP contribution in [0.3, 0.4) is 0 Å². The van der Waals surface area contributed by atoms with Gasteiger partial charge in [0.1, 0.15) is 11.5 Å². The average Bonchev–Trinajstić information content (AvgIpc) is 2.53. The molecule has 1 rings (SSSR count). The average molecular weight is 211 g/mol. The lowest BCUT2D eigenvalue weighted by molar-refractivity contribution is 0.174. The van der Waals surface area contributed by atoms with Crippen molar-refractivity contribution in [2.45, 2.75) is 33.2 Å². The van der Waals surface area contributed by atoms with E-state index in [4.69, 9.17) is 14.9 Å². The molecule has 0 fully saturated rings. The van der Waals surface area contributed by atoms with Gasteiger partial charge in [-0.2, -0.15) is 0 Å². The summed E-state index contributed by atoms with van der Waals surface area (Å²) in [5.41, 5.74) is 7.30. The second-order valence-corrected chi connectivity index (χ2v) is 4.15. The smallest absolute Gasteiger partial charge is 0.105 e. The fraction of sp³-hybridized carbons (Fsp3) is 0.667. The molecule has 0 saturated heterocycles. The molecule has 0 radical (unpaired) electrons. The molecular weight excluding hydrogens is 190 g/mol. The molecule has 15 heavy (non-hydrogen) atoms. The van der Waals surface area contributed by atoms with E-state index in [1.807, 2.05) is 19.9 Å². The molecule has 2 unspecified atom stereocenters. The number of nitrogens with two attached hydrogens (primary N) is 1. The summed E-state index contributed by atoms with van der Waals surface area (Å²) >= 11 is 0. The summed E-state index contributed by atoms with van der Waals surface area (Å²) < 4.78 is 10.5. The quantitative estimate of drug-likeness (QED) is 0.814. The van der Waals surface area contributed by atoms with E-state index >= 15 is 0 Å². The van der Waals surface area contributed by atoms with Crippen molar-refractivity contribution >= 4 is 0 Å². The van der Waals surface area contributed by atoms with Gasteiger partial charge in [-0.15, -0.1) is 0 Å². The van der Waals surface area contributed by atoms with E-state index < -0.39 is 0 Å². The highest BCUT2D eigenvalue weighted by atomic mass is 16.5. The van der Waals surface area contributed by atoms with Gasteiger partial charge in [0, 0.05) is 25.3 Å². The number of furan rings is 1. The minimum atomic E-state index is 0.0394. The lowest BCUT2D eigenvalue weighted by Crippen LogP contribution is -2.20. The second kappa shape index (κ2) is 5.33. The summed E-state index contributed by atoms with van der Waals surface area (Å²) in [6, 6.07) is 2.07. The van der Waals surface area contributed by atoms with Crippen molar-refractivity contribution in [2.75, 3.05) is 13.7 Å². The fourth-order valence-corrected chi connectivity index (χ4v) is 1.77. The first-order valence-corrected chi connectivity index (χ1v) is 5.37. The molecule has 86 valence electrons. The van der Waals surface area contributed by atoms with Gasteiger partial charge in [0.05, 0.1) is 0 Å². The maximum absolute atomic E-state index is 6.18. The minimum absolute atomic E-state index is 0.0394. The molecule has 0 amide bonds. The van der Waals surface area contributed by atoms with Crippen LogP contribution in [0.4, 0.5) is 0 Å². The lowest BCUT2D eigenvalue weighted by Gasteiger charge is -2.18. The summed E-state index contributed by atoms with van der Waals surface area (Å²) in [5.74, 6) is 2.27. The first-order chi connectivity index (χ1) is 7.06. The van der Waals surface area contributed by atoms with E-state index in [0.29, 0.717) is 5.92 Å². The third-order valence-corrected chi connectivity index (χ3v) is 2.83. The van der Waals surface area contributed by atoms with Crippen LogP contribution in [0, 0.1) is 19.8 Å². The van der Waals surface area contributed by atoms with Crippen molar-refractivity contribution in [2.24, 2.45) is 11.7 Å². The Hall–Kier alpha value is -0.800. The molecule has 1 aromatic heterocycles. The van der Waals surface area contributed by atoms with Crippen LogP contribution < -0.4 is 5.73 Å². The van der Waals surface area contributed by atoms with Crippen LogP contribution in [-0.2, 0) is 4.74 Å². The Balaban J connectivity index is 2.66. The van der Waals surface area contributed by atoms with Crippen molar-refractivity contribution < 1.29 is 9.15 Å². The van der Waals surface area contributed by atoms with Crippen molar-refractivity contribution in [3.8, 4) is 0 Å². The monoisotopic (exact) mass is 211 g/mol. The zero-order valence-corrected chi connectivity index (χ0v) is 10.0. The summed E-state index contributed by atoms with van der Waals surface area (Å²) in [6.07, 6.45) is 0.974. The molecule has 0 aromatic carbocycles. The van der Waals surface area contributed by atoms with Crippen LogP contribution in [0.25, 0.3) is 0 Å². The summed E-state index contributed by atoms with van der Waals surface area (Å²) in [6.45, 7) is 6.81. The van der Waals surface area contributed by atoms with E-state index in [9.17, 15) is 0 Å². The molecule has 0 aliphatic rings. The predicted molar refractivity (Wildman–Crippen MR) is 60.8 cm³/mol. The molecule has 0 spiro atoms. The summed E-state index contributed by atoms with van der Waals surface area (Å²) in [7, 11) is 1.71. The van der Waals surface area contributed by atoms with Crippen molar-refractivity contribution in [3.05, 3.63) is 23.2 Å². The van der Waals surface area contributed by atoms with E-state index in [-0.39, 0.29) is 6.04 Å². The van der Waals surface area contributed by atoms with Gasteiger partial charge >= 0.3 is 0 Å². The standard InChI is InChI=1S/C12H21NO2/c1-8(5-6-14-4)12(13)11-7-9(2)15-10(11)3/h7-8,12H,5-6,13H2,1-4H3. The number of methoxy groups -OCH3 is 1. The highest BCUT2D eigenvalue weighted by molar-refractivity contribution is 5.24. The van der Waals surface area contributed by atoms with Gasteiger partial charge in [-0.25, -0.2) is 0 Å². The highest BCUT2D eigenvalue weighted by Crippen LogP contribution is 2.26. The number of hydrogen-bond acceptors (Lipinski definition) is 3. The highest BCUT2D eigenvalue weighted by Gasteiger charge is 2.19. The number of aryl methyl sites for hydroxylation is 2. The molecule has 0 saturated carbocycles. The van der Waals surface area contributed by atoms with E-state index in [0.717, 1.165) is 30.1 Å². The van der Waals surface area contributed by atoms with Gasteiger partial charge in [0.2, 0.25) is 0 Å². The Bertz CT molecular complexity index is 307. The lowest BCUT2D eigenvalue weighted by atomic mass is 9.93. The molecule has 0 aliphatic heterocycles. The third-order valence-electron chi connectivity index (χ3n) is 2.83. The molecule has 3 nitrogen and oxygen atoms in total. The predicted octanol–water partition coefficient (Wildman–Crippen LogP) is 2.57. The maximum atomic E-state index is 6.18. The Morgan fingerprint density at radius 3 is 2.60 bits per heavy atom. The van der Waals surface area contributed by atoms with Crippen molar-refractivity contribution in [3.63, 3.8) is 0 Å². The largest absolute Gasteiger partial charge is 0.466 e. The van der Waals surface area contributed by atoms with Gasteiger partial charge in [0.15, 0.2) is 0 Å². The molecule has 0 bridgehead atoms. The van der Waals surface area contributed by atoms with E-state index in [1.165, 1.54) is 0 Å². The third kappa shape index (κ3) is 3.08. The van der Waals surface area contributed by atoms with Gasteiger partial charge in [-0.1, -0.05) is 6.92 Å². The zero-order valence-electron chi connectivity index (χ0n) is 10.0. The first kappa shape index (κ1) is 12.3. The molecule has 1 aromatic rings. The van der Waals surface area contributed by atoms with Crippen LogP contribution >= 0.6 is 0 Å². The zero-order chi connectivity index (χ0) is 11.4. The summed E-state index contributed by atoms with van der Waals surface area (Å²) in [5, 5.41) is 0. The Kier molecular flexibility index (Phi) is 4.36. The van der Waals surface area contributed by atoms with Crippen LogP contribution in [0.1, 0.15) is 36.5 Å². The maximum Gasteiger partial charge on any atom is 0.105 e. The number of rotatable bonds is 5. The topological polar surface area (TPSA) is 48.4 Å². The fourth-order valence-electron chi connectivity index (χ4n) is 1.77. The molecule has 1 heterocycles. The first-order valence-electron chi connectivity index (χ1n) is 5.37. The van der Waals surface area contributed by atoms with Gasteiger partial charge in [-0.3, -0.25) is 0 Å². The molecular formula is C12H21NO2. The minimum Gasteiger partial charge on any atom is -0.466 e. The van der Waals surface area contributed by atoms with Gasteiger partial charge in [0.25, 0.3) is 0 Å². The molecule has 3 heteroatoms. The Morgan fingerprint density at radius 2 is 2.13 bits per heavy atom.